The fraction of sp³-hybridized carbons (Fsp3) is 0.214. The monoisotopic (exact) mass is 440 g/mol. The molecular formula is C28H28N2O3. The van der Waals surface area contributed by atoms with Crippen LogP contribution in [-0.4, -0.2) is 35.3 Å². The minimum Gasteiger partial charge on any atom is -0.494 e. The van der Waals surface area contributed by atoms with Crippen molar-refractivity contribution in [3.8, 4) is 5.75 Å². The third-order valence-electron chi connectivity index (χ3n) is 5.59. The summed E-state index contributed by atoms with van der Waals surface area (Å²) in [6.07, 6.45) is 0.919. The summed E-state index contributed by atoms with van der Waals surface area (Å²) in [5.74, 6) is 0.197. The van der Waals surface area contributed by atoms with Gasteiger partial charge in [0.1, 0.15) is 11.4 Å². The first-order valence-electron chi connectivity index (χ1n) is 11.2. The number of likely N-dealkylation sites (N-methyl/N-ethyl adjacent to an activating group) is 1. The van der Waals surface area contributed by atoms with Gasteiger partial charge in [0.05, 0.1) is 18.7 Å². The normalized spacial score (nSPS) is 13.6. The first-order chi connectivity index (χ1) is 16.1. The van der Waals surface area contributed by atoms with Crippen LogP contribution in [-0.2, 0) is 22.7 Å². The van der Waals surface area contributed by atoms with Gasteiger partial charge in [-0.1, -0.05) is 79.7 Å². The molecule has 0 unspecified atom stereocenters. The highest BCUT2D eigenvalue weighted by molar-refractivity contribution is 6.35. The molecule has 3 aromatic rings. The second kappa shape index (κ2) is 10.2. The molecule has 5 nitrogen and oxygen atoms in total. The van der Waals surface area contributed by atoms with Crippen molar-refractivity contribution in [1.82, 2.24) is 9.80 Å². The van der Waals surface area contributed by atoms with Gasteiger partial charge < -0.3 is 9.64 Å². The van der Waals surface area contributed by atoms with Crippen molar-refractivity contribution < 1.29 is 14.3 Å². The van der Waals surface area contributed by atoms with E-state index in [-0.39, 0.29) is 18.4 Å². The Morgan fingerprint density at radius 1 is 0.788 bits per heavy atom. The molecule has 5 heteroatoms. The molecule has 0 saturated heterocycles. The Bertz CT molecular complexity index is 1140. The summed E-state index contributed by atoms with van der Waals surface area (Å²) in [5.41, 5.74) is 3.53. The van der Waals surface area contributed by atoms with Gasteiger partial charge in [0.2, 0.25) is 0 Å². The molecule has 1 heterocycles. The quantitative estimate of drug-likeness (QED) is 0.445. The highest BCUT2D eigenvalue weighted by Gasteiger charge is 2.40. The van der Waals surface area contributed by atoms with Crippen LogP contribution in [0.4, 0.5) is 0 Å². The number of carbonyl (C=O) groups excluding carboxylic acids is 2. The van der Waals surface area contributed by atoms with E-state index in [1.165, 1.54) is 4.90 Å². The lowest BCUT2D eigenvalue weighted by atomic mass is 10.0. The molecule has 0 aromatic heterocycles. The molecule has 0 fully saturated rings. The van der Waals surface area contributed by atoms with Gasteiger partial charge in [-0.15, -0.1) is 0 Å². The molecule has 168 valence electrons. The molecule has 0 radical (unpaired) electrons. The summed E-state index contributed by atoms with van der Waals surface area (Å²) in [6.45, 7) is 3.45. The summed E-state index contributed by atoms with van der Waals surface area (Å²) < 4.78 is 5.69. The number of hydrogen-bond donors (Lipinski definition) is 0. The number of nitrogens with zero attached hydrogens (tertiary/aromatic N) is 2. The summed E-state index contributed by atoms with van der Waals surface area (Å²) in [5, 5.41) is 0. The van der Waals surface area contributed by atoms with E-state index in [9.17, 15) is 9.59 Å². The molecule has 0 bridgehead atoms. The Morgan fingerprint density at radius 2 is 1.39 bits per heavy atom. The van der Waals surface area contributed by atoms with E-state index >= 15 is 0 Å². The Kier molecular flexibility index (Phi) is 6.89. The third kappa shape index (κ3) is 4.98. The van der Waals surface area contributed by atoms with Crippen LogP contribution in [0.2, 0.25) is 0 Å². The van der Waals surface area contributed by atoms with Crippen LogP contribution < -0.4 is 4.74 Å². The SMILES string of the molecule is CCCOc1ccc(C2=C(N(C)Cc3ccccc3)C(=O)N(Cc3ccccc3)C2=O)cc1. The first-order valence-corrected chi connectivity index (χ1v) is 11.2. The second-order valence-corrected chi connectivity index (χ2v) is 8.12. The van der Waals surface area contributed by atoms with Crippen molar-refractivity contribution in [1.29, 1.82) is 0 Å². The maximum absolute atomic E-state index is 13.5. The van der Waals surface area contributed by atoms with Crippen LogP contribution in [0.5, 0.6) is 5.75 Å². The standard InChI is InChI=1S/C28H28N2O3/c1-3-18-33-24-16-14-23(15-17-24)25-26(29(2)19-21-10-6-4-7-11-21)28(32)30(27(25)31)20-22-12-8-5-9-13-22/h4-17H,3,18-20H2,1-2H3. The van der Waals surface area contributed by atoms with Crippen LogP contribution in [0.15, 0.2) is 90.6 Å². The zero-order chi connectivity index (χ0) is 23.2. The Labute approximate surface area is 194 Å². The molecule has 0 spiro atoms. The van der Waals surface area contributed by atoms with Crippen LogP contribution in [0.1, 0.15) is 30.0 Å². The van der Waals surface area contributed by atoms with Crippen molar-refractivity contribution in [3.05, 3.63) is 107 Å². The number of benzene rings is 3. The van der Waals surface area contributed by atoms with Gasteiger partial charge in [-0.3, -0.25) is 14.5 Å². The molecule has 4 rings (SSSR count). The predicted octanol–water partition coefficient (Wildman–Crippen LogP) is 4.89. The Hall–Kier alpha value is -3.86. The van der Waals surface area contributed by atoms with Gasteiger partial charge >= 0.3 is 0 Å². The van der Waals surface area contributed by atoms with Crippen LogP contribution in [0.25, 0.3) is 5.57 Å². The van der Waals surface area contributed by atoms with Crippen molar-refractivity contribution >= 4 is 17.4 Å². The maximum atomic E-state index is 13.5. The van der Waals surface area contributed by atoms with Crippen LogP contribution >= 0.6 is 0 Å². The van der Waals surface area contributed by atoms with E-state index in [4.69, 9.17) is 4.74 Å². The van der Waals surface area contributed by atoms with E-state index in [1.807, 2.05) is 96.9 Å². The average molecular weight is 441 g/mol. The summed E-state index contributed by atoms with van der Waals surface area (Å²) in [4.78, 5) is 30.3. The molecule has 3 aromatic carbocycles. The Morgan fingerprint density at radius 3 is 2.00 bits per heavy atom. The fourth-order valence-corrected chi connectivity index (χ4v) is 3.96. The largest absolute Gasteiger partial charge is 0.494 e. The van der Waals surface area contributed by atoms with Gasteiger partial charge in [-0.05, 0) is 35.2 Å². The van der Waals surface area contributed by atoms with Crippen molar-refractivity contribution in [2.45, 2.75) is 26.4 Å². The number of hydrogen-bond acceptors (Lipinski definition) is 4. The van der Waals surface area contributed by atoms with Crippen LogP contribution in [0.3, 0.4) is 0 Å². The number of carbonyl (C=O) groups is 2. The lowest BCUT2D eigenvalue weighted by Crippen LogP contribution is -2.33. The zero-order valence-corrected chi connectivity index (χ0v) is 19.0. The van der Waals surface area contributed by atoms with E-state index in [2.05, 4.69) is 6.92 Å². The van der Waals surface area contributed by atoms with E-state index in [0.29, 0.717) is 30.0 Å². The molecule has 0 saturated carbocycles. The molecule has 1 aliphatic heterocycles. The summed E-state index contributed by atoms with van der Waals surface area (Å²) in [7, 11) is 1.86. The van der Waals surface area contributed by atoms with E-state index < -0.39 is 0 Å². The van der Waals surface area contributed by atoms with E-state index in [1.54, 1.807) is 0 Å². The minimum absolute atomic E-state index is 0.238. The maximum Gasteiger partial charge on any atom is 0.278 e. The molecule has 0 N–H and O–H groups in total. The van der Waals surface area contributed by atoms with Crippen molar-refractivity contribution in [3.63, 3.8) is 0 Å². The third-order valence-corrected chi connectivity index (χ3v) is 5.59. The predicted molar refractivity (Wildman–Crippen MR) is 129 cm³/mol. The van der Waals surface area contributed by atoms with Crippen molar-refractivity contribution in [2.24, 2.45) is 0 Å². The minimum atomic E-state index is -0.277. The topological polar surface area (TPSA) is 49.9 Å². The first kappa shape index (κ1) is 22.3. The molecule has 0 atom stereocenters. The van der Waals surface area contributed by atoms with Gasteiger partial charge in [-0.25, -0.2) is 0 Å². The highest BCUT2D eigenvalue weighted by Crippen LogP contribution is 2.33. The van der Waals surface area contributed by atoms with Gasteiger partial charge in [0, 0.05) is 13.6 Å². The van der Waals surface area contributed by atoms with Gasteiger partial charge in [0.25, 0.3) is 11.8 Å². The number of imide groups is 1. The lowest BCUT2D eigenvalue weighted by Gasteiger charge is -2.21. The zero-order valence-electron chi connectivity index (χ0n) is 19.0. The number of amides is 2. The molecule has 2 amide bonds. The van der Waals surface area contributed by atoms with Gasteiger partial charge in [0.15, 0.2) is 0 Å². The number of rotatable bonds is 9. The molecule has 1 aliphatic rings. The highest BCUT2D eigenvalue weighted by atomic mass is 16.5. The number of ether oxygens (including phenoxy) is 1. The lowest BCUT2D eigenvalue weighted by molar-refractivity contribution is -0.138. The molecule has 0 aliphatic carbocycles. The summed E-state index contributed by atoms with van der Waals surface area (Å²) >= 11 is 0. The second-order valence-electron chi connectivity index (χ2n) is 8.12. The van der Waals surface area contributed by atoms with Crippen LogP contribution in [0, 0.1) is 0 Å². The Balaban J connectivity index is 1.69. The average Bonchev–Trinajstić information content (AvgIpc) is 3.09. The molecule has 33 heavy (non-hydrogen) atoms. The van der Waals surface area contributed by atoms with E-state index in [0.717, 1.165) is 23.3 Å². The molecular weight excluding hydrogens is 412 g/mol. The van der Waals surface area contributed by atoms with Gasteiger partial charge in [-0.2, -0.15) is 0 Å². The van der Waals surface area contributed by atoms with Crippen molar-refractivity contribution in [2.75, 3.05) is 13.7 Å². The fourth-order valence-electron chi connectivity index (χ4n) is 3.96. The smallest absolute Gasteiger partial charge is 0.278 e. The summed E-state index contributed by atoms with van der Waals surface area (Å²) in [6, 6.07) is 26.9.